The molecule has 0 spiro atoms. The van der Waals surface area contributed by atoms with E-state index in [2.05, 4.69) is 4.74 Å². The highest BCUT2D eigenvalue weighted by Gasteiger charge is 2.40. The lowest BCUT2D eigenvalue weighted by Crippen LogP contribution is -2.44. The molecule has 0 fully saturated rings. The lowest BCUT2D eigenvalue weighted by molar-refractivity contribution is -0.158. The molecule has 0 aromatic rings. The van der Waals surface area contributed by atoms with Crippen LogP contribution < -0.4 is 0 Å². The molecule has 0 aliphatic carbocycles. The Balaban J connectivity index is 4.95. The van der Waals surface area contributed by atoms with Crippen molar-refractivity contribution in [2.24, 2.45) is 11.8 Å². The van der Waals surface area contributed by atoms with Crippen molar-refractivity contribution in [3.8, 4) is 0 Å². The molecule has 1 atom stereocenters. The van der Waals surface area contributed by atoms with Gasteiger partial charge in [0.05, 0.1) is 7.11 Å². The number of esters is 1. The third-order valence-electron chi connectivity index (χ3n) is 2.51. The molecular formula is C11H20O4. The summed E-state index contributed by atoms with van der Waals surface area (Å²) in [6.07, 6.45) is 0. The third kappa shape index (κ3) is 3.30. The van der Waals surface area contributed by atoms with E-state index in [1.165, 1.54) is 14.2 Å². The third-order valence-corrected chi connectivity index (χ3v) is 2.51. The van der Waals surface area contributed by atoms with Gasteiger partial charge in [0.25, 0.3) is 0 Å². The second-order valence-electron chi connectivity index (χ2n) is 4.32. The molecule has 0 aromatic carbocycles. The van der Waals surface area contributed by atoms with E-state index in [1.54, 1.807) is 13.8 Å². The highest BCUT2D eigenvalue weighted by Crippen LogP contribution is 2.22. The van der Waals surface area contributed by atoms with Crippen molar-refractivity contribution in [1.82, 2.24) is 0 Å². The minimum absolute atomic E-state index is 0.0978. The van der Waals surface area contributed by atoms with Gasteiger partial charge in [-0.25, -0.2) is 0 Å². The maximum absolute atomic E-state index is 12.0. The maximum Gasteiger partial charge on any atom is 0.316 e. The average Bonchev–Trinajstić information content (AvgIpc) is 2.16. The molecule has 0 saturated carbocycles. The van der Waals surface area contributed by atoms with Crippen LogP contribution in [0.15, 0.2) is 0 Å². The van der Waals surface area contributed by atoms with E-state index in [1.807, 2.05) is 13.8 Å². The molecule has 1 unspecified atom stereocenters. The molecule has 4 nitrogen and oxygen atoms in total. The second kappa shape index (κ2) is 5.26. The predicted octanol–water partition coefficient (Wildman–Crippen LogP) is 1.43. The normalized spacial score (nSPS) is 13.8. The largest absolute Gasteiger partial charge is 0.468 e. The molecule has 0 heterocycles. The number of methoxy groups -OCH3 is 2. The van der Waals surface area contributed by atoms with Crippen molar-refractivity contribution in [2.45, 2.75) is 33.3 Å². The standard InChI is InChI=1S/C11H20O4/c1-7(2)8(10(13)14-5)9(12)11(3,4)15-6/h7-8H,1-6H3. The van der Waals surface area contributed by atoms with Gasteiger partial charge in [0.1, 0.15) is 11.5 Å². The van der Waals surface area contributed by atoms with E-state index < -0.39 is 17.5 Å². The van der Waals surface area contributed by atoms with Gasteiger partial charge in [0.15, 0.2) is 5.78 Å². The van der Waals surface area contributed by atoms with Crippen molar-refractivity contribution in [3.63, 3.8) is 0 Å². The van der Waals surface area contributed by atoms with E-state index in [4.69, 9.17) is 4.74 Å². The minimum Gasteiger partial charge on any atom is -0.468 e. The molecule has 0 N–H and O–H groups in total. The maximum atomic E-state index is 12.0. The summed E-state index contributed by atoms with van der Waals surface area (Å²) >= 11 is 0. The van der Waals surface area contributed by atoms with E-state index in [0.717, 1.165) is 0 Å². The molecule has 0 rings (SSSR count). The summed E-state index contributed by atoms with van der Waals surface area (Å²) in [6.45, 7) is 6.91. The average molecular weight is 216 g/mol. The van der Waals surface area contributed by atoms with Crippen LogP contribution in [0, 0.1) is 11.8 Å². The van der Waals surface area contributed by atoms with Crippen LogP contribution in [0.25, 0.3) is 0 Å². The van der Waals surface area contributed by atoms with Gasteiger partial charge in [0, 0.05) is 7.11 Å². The van der Waals surface area contributed by atoms with Gasteiger partial charge in [-0.3, -0.25) is 9.59 Å². The lowest BCUT2D eigenvalue weighted by Gasteiger charge is -2.27. The van der Waals surface area contributed by atoms with Crippen LogP contribution in [0.2, 0.25) is 0 Å². The zero-order valence-corrected chi connectivity index (χ0v) is 10.3. The predicted molar refractivity (Wildman–Crippen MR) is 56.4 cm³/mol. The number of hydrogen-bond donors (Lipinski definition) is 0. The fraction of sp³-hybridized carbons (Fsp3) is 0.818. The molecule has 0 saturated heterocycles. The van der Waals surface area contributed by atoms with E-state index >= 15 is 0 Å². The van der Waals surface area contributed by atoms with Crippen molar-refractivity contribution in [3.05, 3.63) is 0 Å². The molecular weight excluding hydrogens is 196 g/mol. The fourth-order valence-electron chi connectivity index (χ4n) is 1.28. The quantitative estimate of drug-likeness (QED) is 0.515. The number of carbonyl (C=O) groups is 2. The van der Waals surface area contributed by atoms with Gasteiger partial charge < -0.3 is 9.47 Å². The van der Waals surface area contributed by atoms with Crippen LogP contribution in [0.5, 0.6) is 0 Å². The van der Waals surface area contributed by atoms with E-state index in [9.17, 15) is 9.59 Å². The van der Waals surface area contributed by atoms with Crippen molar-refractivity contribution in [2.75, 3.05) is 14.2 Å². The summed E-state index contributed by atoms with van der Waals surface area (Å²) in [5.74, 6) is -1.60. The summed E-state index contributed by atoms with van der Waals surface area (Å²) in [5.41, 5.74) is -0.955. The smallest absolute Gasteiger partial charge is 0.316 e. The Bertz CT molecular complexity index is 243. The monoisotopic (exact) mass is 216 g/mol. The number of rotatable bonds is 5. The van der Waals surface area contributed by atoms with Crippen LogP contribution in [0.4, 0.5) is 0 Å². The number of ether oxygens (including phenoxy) is 2. The molecule has 0 aliphatic heterocycles. The van der Waals surface area contributed by atoms with Crippen LogP contribution >= 0.6 is 0 Å². The highest BCUT2D eigenvalue weighted by atomic mass is 16.5. The first-order valence-electron chi connectivity index (χ1n) is 4.95. The van der Waals surface area contributed by atoms with Crippen LogP contribution in [0.3, 0.4) is 0 Å². The summed E-state index contributed by atoms with van der Waals surface area (Å²) in [6, 6.07) is 0. The molecule has 88 valence electrons. The van der Waals surface area contributed by atoms with Gasteiger partial charge in [0.2, 0.25) is 0 Å². The second-order valence-corrected chi connectivity index (χ2v) is 4.32. The van der Waals surface area contributed by atoms with Gasteiger partial charge in [-0.1, -0.05) is 13.8 Å². The zero-order valence-electron chi connectivity index (χ0n) is 10.3. The summed E-state index contributed by atoms with van der Waals surface area (Å²) in [4.78, 5) is 23.5. The Morgan fingerprint density at radius 1 is 1.13 bits per heavy atom. The lowest BCUT2D eigenvalue weighted by atomic mass is 9.84. The molecule has 4 heteroatoms. The first-order chi connectivity index (χ1) is 6.77. The summed E-state index contributed by atoms with van der Waals surface area (Å²) in [5, 5.41) is 0. The Morgan fingerprint density at radius 2 is 1.60 bits per heavy atom. The SMILES string of the molecule is COC(=O)C(C(=O)C(C)(C)OC)C(C)C. The molecule has 0 bridgehead atoms. The fourth-order valence-corrected chi connectivity index (χ4v) is 1.28. The van der Waals surface area contributed by atoms with Crippen molar-refractivity contribution < 1.29 is 19.1 Å². The van der Waals surface area contributed by atoms with Gasteiger partial charge in [-0.05, 0) is 19.8 Å². The summed E-state index contributed by atoms with van der Waals surface area (Å²) in [7, 11) is 2.73. The Labute approximate surface area is 90.9 Å². The number of ketones is 1. The van der Waals surface area contributed by atoms with Crippen molar-refractivity contribution >= 4 is 11.8 Å². The van der Waals surface area contributed by atoms with E-state index in [-0.39, 0.29) is 11.7 Å². The zero-order chi connectivity index (χ0) is 12.2. The molecule has 0 aromatic heterocycles. The van der Waals surface area contributed by atoms with Crippen LogP contribution in [-0.4, -0.2) is 31.6 Å². The topological polar surface area (TPSA) is 52.6 Å². The minimum atomic E-state index is -0.955. The van der Waals surface area contributed by atoms with Gasteiger partial charge in [-0.2, -0.15) is 0 Å². The van der Waals surface area contributed by atoms with Gasteiger partial charge in [-0.15, -0.1) is 0 Å². The molecule has 15 heavy (non-hydrogen) atoms. The van der Waals surface area contributed by atoms with Gasteiger partial charge >= 0.3 is 5.97 Å². The van der Waals surface area contributed by atoms with Crippen molar-refractivity contribution in [1.29, 1.82) is 0 Å². The van der Waals surface area contributed by atoms with Crippen LogP contribution in [0.1, 0.15) is 27.7 Å². The first-order valence-corrected chi connectivity index (χ1v) is 4.95. The molecule has 0 aliphatic rings. The highest BCUT2D eigenvalue weighted by molar-refractivity contribution is 6.03. The van der Waals surface area contributed by atoms with Crippen LogP contribution in [-0.2, 0) is 19.1 Å². The first kappa shape index (κ1) is 14.1. The van der Waals surface area contributed by atoms with E-state index in [0.29, 0.717) is 0 Å². The number of carbonyl (C=O) groups excluding carboxylic acids is 2. The molecule has 0 radical (unpaired) electrons. The number of Topliss-reactive ketones (excluding diaryl/α,β-unsaturated/α-hetero) is 1. The Hall–Kier alpha value is -0.900. The Morgan fingerprint density at radius 3 is 1.87 bits per heavy atom. The Kier molecular flexibility index (Phi) is 4.94. The summed E-state index contributed by atoms with van der Waals surface area (Å²) < 4.78 is 9.69. The number of hydrogen-bond acceptors (Lipinski definition) is 4. The molecule has 0 amide bonds.